The van der Waals surface area contributed by atoms with Gasteiger partial charge in [-0.3, -0.25) is 9.78 Å². The topological polar surface area (TPSA) is 48.4 Å². The Labute approximate surface area is 112 Å². The van der Waals surface area contributed by atoms with Crippen molar-refractivity contribution in [3.05, 3.63) is 53.9 Å². The summed E-state index contributed by atoms with van der Waals surface area (Å²) < 4.78 is 10.4. The molecule has 0 aliphatic carbocycles. The second-order valence-electron chi connectivity index (χ2n) is 3.90. The molecule has 0 bridgehead atoms. The fourth-order valence-corrected chi connectivity index (χ4v) is 1.72. The molecule has 0 atom stereocenters. The summed E-state index contributed by atoms with van der Waals surface area (Å²) in [5.41, 5.74) is 1.06. The third-order valence-electron chi connectivity index (χ3n) is 2.62. The van der Waals surface area contributed by atoms with Crippen molar-refractivity contribution in [2.45, 2.75) is 6.92 Å². The summed E-state index contributed by atoms with van der Waals surface area (Å²) in [6.07, 6.45) is 3.09. The van der Waals surface area contributed by atoms with E-state index in [0.717, 1.165) is 0 Å². The zero-order valence-corrected chi connectivity index (χ0v) is 10.9. The van der Waals surface area contributed by atoms with Crippen LogP contribution in [0.4, 0.5) is 0 Å². The number of ketones is 1. The van der Waals surface area contributed by atoms with Gasteiger partial charge in [0.25, 0.3) is 0 Å². The summed E-state index contributed by atoms with van der Waals surface area (Å²) in [4.78, 5) is 16.3. The highest BCUT2D eigenvalue weighted by Gasteiger charge is 2.11. The van der Waals surface area contributed by atoms with Gasteiger partial charge in [0.1, 0.15) is 11.5 Å². The number of methoxy groups -OCH3 is 1. The Morgan fingerprint density at radius 3 is 2.68 bits per heavy atom. The van der Waals surface area contributed by atoms with Gasteiger partial charge in [0.2, 0.25) is 0 Å². The van der Waals surface area contributed by atoms with E-state index in [0.29, 0.717) is 29.2 Å². The molecule has 1 aromatic carbocycles. The molecule has 2 aromatic rings. The molecule has 4 nitrogen and oxygen atoms in total. The van der Waals surface area contributed by atoms with Crippen LogP contribution in [0, 0.1) is 0 Å². The Morgan fingerprint density at radius 1 is 1.16 bits per heavy atom. The van der Waals surface area contributed by atoms with Gasteiger partial charge in [-0.2, -0.15) is 0 Å². The first-order valence-corrected chi connectivity index (χ1v) is 6.01. The molecule has 0 aliphatic rings. The molecular weight excluding hydrogens is 242 g/mol. The Hall–Kier alpha value is -2.36. The maximum Gasteiger partial charge on any atom is 0.194 e. The van der Waals surface area contributed by atoms with Gasteiger partial charge in [-0.25, -0.2) is 0 Å². The third-order valence-corrected chi connectivity index (χ3v) is 2.62. The van der Waals surface area contributed by atoms with E-state index < -0.39 is 0 Å². The molecule has 0 aliphatic heterocycles. The Bertz CT molecular complexity index is 581. The fraction of sp³-hybridized carbons (Fsp3) is 0.200. The molecule has 0 unspecified atom stereocenters. The SMILES string of the molecule is CCOc1cccc(C(=O)c2cncc(OC)c2)c1. The van der Waals surface area contributed by atoms with Gasteiger partial charge in [-0.05, 0) is 25.1 Å². The lowest BCUT2D eigenvalue weighted by Crippen LogP contribution is -2.03. The molecule has 2 rings (SSSR count). The maximum absolute atomic E-state index is 12.3. The highest BCUT2D eigenvalue weighted by atomic mass is 16.5. The van der Waals surface area contributed by atoms with E-state index in [9.17, 15) is 4.79 Å². The number of benzene rings is 1. The minimum atomic E-state index is -0.104. The fourth-order valence-electron chi connectivity index (χ4n) is 1.72. The molecule has 0 spiro atoms. The van der Waals surface area contributed by atoms with E-state index in [2.05, 4.69) is 4.98 Å². The number of nitrogens with zero attached hydrogens (tertiary/aromatic N) is 1. The molecule has 0 amide bonds. The van der Waals surface area contributed by atoms with Crippen molar-refractivity contribution < 1.29 is 14.3 Å². The molecule has 1 heterocycles. The number of pyridine rings is 1. The van der Waals surface area contributed by atoms with E-state index in [1.54, 1.807) is 37.6 Å². The van der Waals surface area contributed by atoms with Crippen LogP contribution in [-0.2, 0) is 0 Å². The Morgan fingerprint density at radius 2 is 1.95 bits per heavy atom. The van der Waals surface area contributed by atoms with E-state index in [4.69, 9.17) is 9.47 Å². The molecule has 0 N–H and O–H groups in total. The lowest BCUT2D eigenvalue weighted by atomic mass is 10.0. The minimum absolute atomic E-state index is 0.104. The van der Waals surface area contributed by atoms with Crippen LogP contribution in [0.5, 0.6) is 11.5 Å². The van der Waals surface area contributed by atoms with Crippen molar-refractivity contribution in [2.24, 2.45) is 0 Å². The van der Waals surface area contributed by atoms with E-state index in [1.807, 2.05) is 13.0 Å². The second-order valence-corrected chi connectivity index (χ2v) is 3.90. The molecule has 4 heteroatoms. The van der Waals surface area contributed by atoms with Crippen molar-refractivity contribution in [2.75, 3.05) is 13.7 Å². The molecule has 19 heavy (non-hydrogen) atoms. The number of aromatic nitrogens is 1. The van der Waals surface area contributed by atoms with E-state index in [-0.39, 0.29) is 5.78 Å². The van der Waals surface area contributed by atoms with Gasteiger partial charge in [0, 0.05) is 17.3 Å². The predicted octanol–water partition coefficient (Wildman–Crippen LogP) is 2.72. The maximum atomic E-state index is 12.3. The van der Waals surface area contributed by atoms with Gasteiger partial charge in [0.05, 0.1) is 19.9 Å². The molecule has 1 aromatic heterocycles. The van der Waals surface area contributed by atoms with Crippen molar-refractivity contribution >= 4 is 5.78 Å². The highest BCUT2D eigenvalue weighted by molar-refractivity contribution is 6.09. The van der Waals surface area contributed by atoms with Crippen LogP contribution < -0.4 is 9.47 Å². The van der Waals surface area contributed by atoms with E-state index >= 15 is 0 Å². The lowest BCUT2D eigenvalue weighted by Gasteiger charge is -2.06. The molecular formula is C15H15NO3. The summed E-state index contributed by atoms with van der Waals surface area (Å²) in [6.45, 7) is 2.47. The van der Waals surface area contributed by atoms with Crippen LogP contribution in [-0.4, -0.2) is 24.5 Å². The minimum Gasteiger partial charge on any atom is -0.495 e. The van der Waals surface area contributed by atoms with Crippen LogP contribution in [0.3, 0.4) is 0 Å². The van der Waals surface area contributed by atoms with Gasteiger partial charge in [-0.15, -0.1) is 0 Å². The summed E-state index contributed by atoms with van der Waals surface area (Å²) in [6, 6.07) is 8.77. The molecule has 0 radical (unpaired) electrons. The van der Waals surface area contributed by atoms with Crippen LogP contribution >= 0.6 is 0 Å². The number of carbonyl (C=O) groups excluding carboxylic acids is 1. The molecule has 0 saturated heterocycles. The number of rotatable bonds is 5. The number of ether oxygens (including phenoxy) is 2. The standard InChI is InChI=1S/C15H15NO3/c1-3-19-13-6-4-5-11(7-13)15(17)12-8-14(18-2)10-16-9-12/h4-10H,3H2,1-2H3. The Kier molecular flexibility index (Phi) is 4.13. The van der Waals surface area contributed by atoms with Gasteiger partial charge < -0.3 is 9.47 Å². The predicted molar refractivity (Wildman–Crippen MR) is 71.8 cm³/mol. The summed E-state index contributed by atoms with van der Waals surface area (Å²) in [5, 5.41) is 0. The van der Waals surface area contributed by atoms with E-state index in [1.165, 1.54) is 6.20 Å². The summed E-state index contributed by atoms with van der Waals surface area (Å²) in [7, 11) is 1.54. The van der Waals surface area contributed by atoms with Crippen molar-refractivity contribution in [3.8, 4) is 11.5 Å². The van der Waals surface area contributed by atoms with Crippen LogP contribution in [0.1, 0.15) is 22.8 Å². The molecule has 0 saturated carbocycles. The van der Waals surface area contributed by atoms with Gasteiger partial charge >= 0.3 is 0 Å². The van der Waals surface area contributed by atoms with Crippen LogP contribution in [0.25, 0.3) is 0 Å². The van der Waals surface area contributed by atoms with Crippen molar-refractivity contribution in [1.29, 1.82) is 0 Å². The van der Waals surface area contributed by atoms with Gasteiger partial charge in [0.15, 0.2) is 5.78 Å². The van der Waals surface area contributed by atoms with Crippen LogP contribution in [0.15, 0.2) is 42.7 Å². The second kappa shape index (κ2) is 6.00. The first kappa shape index (κ1) is 13.1. The number of hydrogen-bond acceptors (Lipinski definition) is 4. The smallest absolute Gasteiger partial charge is 0.194 e. The average molecular weight is 257 g/mol. The molecule has 0 fully saturated rings. The zero-order chi connectivity index (χ0) is 13.7. The zero-order valence-electron chi connectivity index (χ0n) is 10.9. The van der Waals surface area contributed by atoms with Crippen LogP contribution in [0.2, 0.25) is 0 Å². The van der Waals surface area contributed by atoms with Crippen molar-refractivity contribution in [1.82, 2.24) is 4.98 Å². The first-order valence-electron chi connectivity index (χ1n) is 6.01. The average Bonchev–Trinajstić information content (AvgIpc) is 2.47. The lowest BCUT2D eigenvalue weighted by molar-refractivity contribution is 0.103. The monoisotopic (exact) mass is 257 g/mol. The summed E-state index contributed by atoms with van der Waals surface area (Å²) in [5.74, 6) is 1.14. The number of hydrogen-bond donors (Lipinski definition) is 0. The number of carbonyl (C=O) groups is 1. The molecule has 98 valence electrons. The summed E-state index contributed by atoms with van der Waals surface area (Å²) >= 11 is 0. The third kappa shape index (κ3) is 3.10. The Balaban J connectivity index is 2.30. The highest BCUT2D eigenvalue weighted by Crippen LogP contribution is 2.18. The first-order chi connectivity index (χ1) is 9.24. The van der Waals surface area contributed by atoms with Crippen molar-refractivity contribution in [3.63, 3.8) is 0 Å². The quantitative estimate of drug-likeness (QED) is 0.773. The van der Waals surface area contributed by atoms with Gasteiger partial charge in [-0.1, -0.05) is 12.1 Å². The largest absolute Gasteiger partial charge is 0.495 e. The normalized spacial score (nSPS) is 10.0.